The Balaban J connectivity index is 1.82. The summed E-state index contributed by atoms with van der Waals surface area (Å²) >= 11 is 3.38. The first-order valence-electron chi connectivity index (χ1n) is 11.2. The summed E-state index contributed by atoms with van der Waals surface area (Å²) in [5, 5.41) is 3.98. The van der Waals surface area contributed by atoms with Crippen molar-refractivity contribution in [2.45, 2.75) is 11.3 Å². The Bertz CT molecular complexity index is 1350. The fraction of sp³-hybridized carbons (Fsp3) is 0.231. The van der Waals surface area contributed by atoms with E-state index >= 15 is 0 Å². The zero-order chi connectivity index (χ0) is 26.8. The molecule has 0 aliphatic carbocycles. The normalized spacial score (nSPS) is 11.5. The van der Waals surface area contributed by atoms with Crippen LogP contribution in [0.1, 0.15) is 11.1 Å². The van der Waals surface area contributed by atoms with Crippen LogP contribution in [-0.4, -0.2) is 59.3 Å². The Hall–Kier alpha value is -3.41. The van der Waals surface area contributed by atoms with Crippen LogP contribution in [0.4, 0.5) is 0 Å². The summed E-state index contributed by atoms with van der Waals surface area (Å²) in [5.74, 6) is 0.639. The average Bonchev–Trinajstić information content (AvgIpc) is 2.91. The van der Waals surface area contributed by atoms with Crippen LogP contribution < -0.4 is 19.6 Å². The molecule has 0 saturated carbocycles. The number of nitrogens with one attached hydrogen (secondary N) is 1. The Morgan fingerprint density at radius 1 is 0.946 bits per heavy atom. The van der Waals surface area contributed by atoms with Gasteiger partial charge in [0, 0.05) is 22.6 Å². The van der Waals surface area contributed by atoms with E-state index in [1.54, 1.807) is 12.1 Å². The van der Waals surface area contributed by atoms with E-state index in [-0.39, 0.29) is 17.2 Å². The SMILES string of the molecule is COc1ccc(Br)cc1/C=N\NC(=O)CN(CCc1ccccc1)S(=O)(=O)c1ccc(OC)c(OC)c1. The van der Waals surface area contributed by atoms with Crippen molar-refractivity contribution in [1.82, 2.24) is 9.73 Å². The molecule has 0 heterocycles. The van der Waals surface area contributed by atoms with E-state index in [4.69, 9.17) is 14.2 Å². The third kappa shape index (κ3) is 7.54. The van der Waals surface area contributed by atoms with Gasteiger partial charge >= 0.3 is 0 Å². The van der Waals surface area contributed by atoms with E-state index in [1.807, 2.05) is 36.4 Å². The summed E-state index contributed by atoms with van der Waals surface area (Å²) in [6.07, 6.45) is 1.85. The van der Waals surface area contributed by atoms with Gasteiger partial charge in [-0.3, -0.25) is 4.79 Å². The number of amides is 1. The molecule has 0 atom stereocenters. The lowest BCUT2D eigenvalue weighted by atomic mass is 10.1. The molecule has 0 aromatic heterocycles. The zero-order valence-electron chi connectivity index (χ0n) is 20.7. The molecule has 0 spiro atoms. The second-order valence-electron chi connectivity index (χ2n) is 7.77. The van der Waals surface area contributed by atoms with E-state index in [9.17, 15) is 13.2 Å². The highest BCUT2D eigenvalue weighted by molar-refractivity contribution is 9.10. The van der Waals surface area contributed by atoms with E-state index in [1.165, 1.54) is 45.7 Å². The molecule has 0 aliphatic heterocycles. The molecule has 9 nitrogen and oxygen atoms in total. The van der Waals surface area contributed by atoms with Crippen molar-refractivity contribution >= 4 is 38.1 Å². The highest BCUT2D eigenvalue weighted by Crippen LogP contribution is 2.30. The van der Waals surface area contributed by atoms with Gasteiger partial charge in [0.15, 0.2) is 11.5 Å². The topological polar surface area (TPSA) is 107 Å². The molecule has 37 heavy (non-hydrogen) atoms. The van der Waals surface area contributed by atoms with E-state index in [0.29, 0.717) is 23.5 Å². The second-order valence-corrected chi connectivity index (χ2v) is 10.6. The lowest BCUT2D eigenvalue weighted by Gasteiger charge is -2.22. The van der Waals surface area contributed by atoms with Crippen molar-refractivity contribution < 1.29 is 27.4 Å². The summed E-state index contributed by atoms with van der Waals surface area (Å²) < 4.78 is 44.8. The van der Waals surface area contributed by atoms with Crippen molar-refractivity contribution in [2.24, 2.45) is 5.10 Å². The summed E-state index contributed by atoms with van der Waals surface area (Å²) in [6.45, 7) is -0.353. The van der Waals surface area contributed by atoms with Crippen LogP contribution in [0, 0.1) is 0 Å². The third-order valence-electron chi connectivity index (χ3n) is 5.39. The fourth-order valence-electron chi connectivity index (χ4n) is 3.48. The molecule has 0 bridgehead atoms. The summed E-state index contributed by atoms with van der Waals surface area (Å²) in [4.78, 5) is 12.7. The maximum Gasteiger partial charge on any atom is 0.255 e. The number of benzene rings is 3. The molecule has 1 N–H and O–H groups in total. The Morgan fingerprint density at radius 2 is 1.62 bits per heavy atom. The number of hydrazone groups is 1. The molecule has 3 rings (SSSR count). The van der Waals surface area contributed by atoms with Crippen LogP contribution in [0.2, 0.25) is 0 Å². The van der Waals surface area contributed by atoms with Gasteiger partial charge in [0.05, 0.1) is 39.0 Å². The maximum absolute atomic E-state index is 13.6. The molecule has 0 fully saturated rings. The second kappa shape index (κ2) is 13.2. The molecule has 3 aromatic rings. The third-order valence-corrected chi connectivity index (χ3v) is 7.72. The monoisotopic (exact) mass is 589 g/mol. The van der Waals surface area contributed by atoms with Gasteiger partial charge in [-0.1, -0.05) is 46.3 Å². The molecule has 196 valence electrons. The summed E-state index contributed by atoms with van der Waals surface area (Å²) in [6, 6.07) is 19.1. The summed E-state index contributed by atoms with van der Waals surface area (Å²) in [7, 11) is 0.361. The standard InChI is InChI=1S/C26H28BrN3O6S/c1-34-23-11-9-21(27)15-20(23)17-28-29-26(31)18-30(14-13-19-7-5-4-6-8-19)37(32,33)22-10-12-24(35-2)25(16-22)36-3/h4-12,15-17H,13-14,18H2,1-3H3,(H,29,31)/b28-17-. The van der Waals surface area contributed by atoms with Gasteiger partial charge in [0.25, 0.3) is 5.91 Å². The van der Waals surface area contributed by atoms with Gasteiger partial charge in [-0.15, -0.1) is 0 Å². The zero-order valence-corrected chi connectivity index (χ0v) is 23.1. The molecule has 0 saturated heterocycles. The molecule has 0 aliphatic rings. The van der Waals surface area contributed by atoms with Crippen molar-refractivity contribution in [3.63, 3.8) is 0 Å². The fourth-order valence-corrected chi connectivity index (χ4v) is 5.28. The van der Waals surface area contributed by atoms with Gasteiger partial charge in [-0.25, -0.2) is 13.8 Å². The highest BCUT2D eigenvalue weighted by Gasteiger charge is 2.27. The largest absolute Gasteiger partial charge is 0.496 e. The van der Waals surface area contributed by atoms with Crippen molar-refractivity contribution in [1.29, 1.82) is 0 Å². The lowest BCUT2D eigenvalue weighted by Crippen LogP contribution is -2.40. The van der Waals surface area contributed by atoms with Crippen molar-refractivity contribution in [3.05, 3.63) is 82.3 Å². The highest BCUT2D eigenvalue weighted by atomic mass is 79.9. The molecular formula is C26H28BrN3O6S. The minimum Gasteiger partial charge on any atom is -0.496 e. The quantitative estimate of drug-likeness (QED) is 0.254. The van der Waals surface area contributed by atoms with Crippen LogP contribution in [0.15, 0.2) is 81.2 Å². The number of ether oxygens (including phenoxy) is 3. The number of sulfonamides is 1. The molecule has 11 heteroatoms. The number of hydrogen-bond acceptors (Lipinski definition) is 7. The number of nitrogens with zero attached hydrogens (tertiary/aromatic N) is 2. The van der Waals surface area contributed by atoms with E-state index < -0.39 is 22.5 Å². The smallest absolute Gasteiger partial charge is 0.255 e. The minimum absolute atomic E-state index is 0.0200. The number of carbonyl (C=O) groups excluding carboxylic acids is 1. The average molecular weight is 590 g/mol. The number of carbonyl (C=O) groups is 1. The Morgan fingerprint density at radius 3 is 2.30 bits per heavy atom. The predicted molar refractivity (Wildman–Crippen MR) is 145 cm³/mol. The van der Waals surface area contributed by atoms with Crippen LogP contribution in [0.3, 0.4) is 0 Å². The van der Waals surface area contributed by atoms with Gasteiger partial charge in [-0.05, 0) is 42.3 Å². The predicted octanol–water partition coefficient (Wildman–Crippen LogP) is 3.86. The Kier molecular flexibility index (Phi) is 10.1. The molecule has 1 amide bonds. The number of rotatable bonds is 12. The molecule has 3 aromatic carbocycles. The Labute approximate surface area is 225 Å². The maximum atomic E-state index is 13.6. The van der Waals surface area contributed by atoms with Gasteiger partial charge in [0.2, 0.25) is 10.0 Å². The van der Waals surface area contributed by atoms with Gasteiger partial charge in [-0.2, -0.15) is 9.41 Å². The van der Waals surface area contributed by atoms with Crippen LogP contribution in [-0.2, 0) is 21.2 Å². The first kappa shape index (κ1) is 28.2. The minimum atomic E-state index is -4.06. The molecular weight excluding hydrogens is 562 g/mol. The van der Waals surface area contributed by atoms with Crippen molar-refractivity contribution in [2.75, 3.05) is 34.4 Å². The number of halogens is 1. The lowest BCUT2D eigenvalue weighted by molar-refractivity contribution is -0.121. The number of methoxy groups -OCH3 is 3. The van der Waals surface area contributed by atoms with E-state index in [2.05, 4.69) is 26.5 Å². The van der Waals surface area contributed by atoms with Gasteiger partial charge in [0.1, 0.15) is 5.75 Å². The summed E-state index contributed by atoms with van der Waals surface area (Å²) in [5.41, 5.74) is 3.98. The van der Waals surface area contributed by atoms with E-state index in [0.717, 1.165) is 14.3 Å². The first-order valence-corrected chi connectivity index (χ1v) is 13.4. The molecule has 0 unspecified atom stereocenters. The first-order chi connectivity index (χ1) is 17.8. The van der Waals surface area contributed by atoms with Crippen molar-refractivity contribution in [3.8, 4) is 17.2 Å². The van der Waals surface area contributed by atoms with Crippen LogP contribution in [0.25, 0.3) is 0 Å². The van der Waals surface area contributed by atoms with Gasteiger partial charge < -0.3 is 14.2 Å². The molecule has 0 radical (unpaired) electrons. The number of hydrogen-bond donors (Lipinski definition) is 1. The van der Waals surface area contributed by atoms with Crippen LogP contribution in [0.5, 0.6) is 17.2 Å². The van der Waals surface area contributed by atoms with Crippen LogP contribution >= 0.6 is 15.9 Å².